The van der Waals surface area contributed by atoms with E-state index in [9.17, 15) is 4.79 Å². The van der Waals surface area contributed by atoms with Gasteiger partial charge in [-0.1, -0.05) is 41.4 Å². The molecule has 0 bridgehead atoms. The number of carbonyl (C=O) groups excluding carboxylic acids is 1. The quantitative estimate of drug-likeness (QED) is 0.377. The summed E-state index contributed by atoms with van der Waals surface area (Å²) in [6.45, 7) is 2.02. The summed E-state index contributed by atoms with van der Waals surface area (Å²) >= 11 is 12.4. The Morgan fingerprint density at radius 1 is 0.963 bits per heavy atom. The zero-order valence-electron chi connectivity index (χ0n) is 14.4. The molecule has 3 aromatic carbocycles. The first kappa shape index (κ1) is 17.7. The van der Waals surface area contributed by atoms with Gasteiger partial charge in [0.2, 0.25) is 5.78 Å². The molecule has 0 aliphatic rings. The Morgan fingerprint density at radius 3 is 2.56 bits per heavy atom. The van der Waals surface area contributed by atoms with Gasteiger partial charge in [-0.2, -0.15) is 0 Å². The van der Waals surface area contributed by atoms with Crippen LogP contribution in [0.4, 0.5) is 11.4 Å². The number of hydrogen-bond acceptors (Lipinski definition) is 3. The van der Waals surface area contributed by atoms with Crippen LogP contribution in [0.1, 0.15) is 21.7 Å². The third-order valence-electron chi connectivity index (χ3n) is 4.34. The molecular formula is C22H15Cl2NO2. The molecule has 3 nitrogen and oxygen atoms in total. The number of aryl methyl sites for hydroxylation is 1. The van der Waals surface area contributed by atoms with Crippen molar-refractivity contribution in [3.05, 3.63) is 93.7 Å². The highest BCUT2D eigenvalue weighted by atomic mass is 35.5. The number of ketones is 1. The lowest BCUT2D eigenvalue weighted by Gasteiger charge is -2.11. The number of furan rings is 1. The lowest BCUT2D eigenvalue weighted by atomic mass is 10.1. The molecule has 1 N–H and O–H groups in total. The number of halogens is 2. The largest absolute Gasteiger partial charge is 0.453 e. The minimum Gasteiger partial charge on any atom is -0.453 e. The molecule has 0 saturated carbocycles. The summed E-state index contributed by atoms with van der Waals surface area (Å²) in [6, 6.07) is 20.1. The van der Waals surface area contributed by atoms with Gasteiger partial charge < -0.3 is 9.73 Å². The SMILES string of the molecule is Cc1ccccc1Nc1ccc(C(=O)c2cc3cc(Cl)ccc3o2)c(Cl)c1. The van der Waals surface area contributed by atoms with E-state index in [1.165, 1.54) is 0 Å². The topological polar surface area (TPSA) is 42.2 Å². The van der Waals surface area contributed by atoms with Crippen molar-refractivity contribution < 1.29 is 9.21 Å². The average Bonchev–Trinajstić information content (AvgIpc) is 3.06. The van der Waals surface area contributed by atoms with Gasteiger partial charge >= 0.3 is 0 Å². The van der Waals surface area contributed by atoms with Crippen LogP contribution in [0.15, 0.2) is 71.1 Å². The van der Waals surface area contributed by atoms with Crippen LogP contribution in [0, 0.1) is 6.92 Å². The van der Waals surface area contributed by atoms with Gasteiger partial charge in [-0.05, 0) is 61.0 Å². The summed E-state index contributed by atoms with van der Waals surface area (Å²) in [6.07, 6.45) is 0. The van der Waals surface area contributed by atoms with Crippen molar-refractivity contribution in [3.63, 3.8) is 0 Å². The van der Waals surface area contributed by atoms with Crippen LogP contribution in [0.3, 0.4) is 0 Å². The Kier molecular flexibility index (Phi) is 4.65. The molecule has 0 amide bonds. The number of fused-ring (bicyclic) bond motifs is 1. The Labute approximate surface area is 166 Å². The molecule has 0 aliphatic carbocycles. The fourth-order valence-corrected chi connectivity index (χ4v) is 3.35. The van der Waals surface area contributed by atoms with Gasteiger partial charge in [-0.15, -0.1) is 0 Å². The zero-order valence-corrected chi connectivity index (χ0v) is 15.9. The molecule has 0 atom stereocenters. The van der Waals surface area contributed by atoms with Crippen LogP contribution in [-0.4, -0.2) is 5.78 Å². The van der Waals surface area contributed by atoms with Crippen LogP contribution in [0.25, 0.3) is 11.0 Å². The van der Waals surface area contributed by atoms with Gasteiger partial charge in [0.1, 0.15) is 5.58 Å². The maximum atomic E-state index is 12.8. The number of carbonyl (C=O) groups is 1. The van der Waals surface area contributed by atoms with E-state index in [1.807, 2.05) is 37.3 Å². The minimum absolute atomic E-state index is 0.230. The van der Waals surface area contributed by atoms with Gasteiger partial charge in [0.25, 0.3) is 0 Å². The van der Waals surface area contributed by atoms with E-state index in [0.29, 0.717) is 21.2 Å². The highest BCUT2D eigenvalue weighted by Crippen LogP contribution is 2.29. The summed E-state index contributed by atoms with van der Waals surface area (Å²) in [5.41, 5.74) is 3.91. The number of para-hydroxylation sites is 1. The van der Waals surface area contributed by atoms with Crippen LogP contribution in [0.5, 0.6) is 0 Å². The highest BCUT2D eigenvalue weighted by molar-refractivity contribution is 6.35. The fraction of sp³-hybridized carbons (Fsp3) is 0.0455. The van der Waals surface area contributed by atoms with E-state index in [1.54, 1.807) is 36.4 Å². The molecule has 0 unspecified atom stereocenters. The van der Waals surface area contributed by atoms with Crippen LogP contribution < -0.4 is 5.32 Å². The van der Waals surface area contributed by atoms with E-state index in [-0.39, 0.29) is 11.5 Å². The molecule has 1 heterocycles. The van der Waals surface area contributed by atoms with Gasteiger partial charge in [0, 0.05) is 27.3 Å². The molecule has 1 aromatic heterocycles. The molecule has 0 spiro atoms. The first-order valence-electron chi connectivity index (χ1n) is 8.37. The van der Waals surface area contributed by atoms with Gasteiger partial charge in [-0.25, -0.2) is 0 Å². The Bertz CT molecular complexity index is 1160. The molecule has 4 aromatic rings. The van der Waals surface area contributed by atoms with E-state index >= 15 is 0 Å². The molecule has 0 fully saturated rings. The first-order valence-corrected chi connectivity index (χ1v) is 9.13. The summed E-state index contributed by atoms with van der Waals surface area (Å²) in [7, 11) is 0. The maximum Gasteiger partial charge on any atom is 0.229 e. The lowest BCUT2D eigenvalue weighted by Crippen LogP contribution is -2.01. The maximum absolute atomic E-state index is 12.8. The minimum atomic E-state index is -0.269. The molecule has 4 rings (SSSR count). The number of rotatable bonds is 4. The predicted molar refractivity (Wildman–Crippen MR) is 111 cm³/mol. The van der Waals surface area contributed by atoms with Crippen molar-refractivity contribution in [1.82, 2.24) is 0 Å². The van der Waals surface area contributed by atoms with E-state index in [2.05, 4.69) is 5.32 Å². The Morgan fingerprint density at radius 2 is 1.78 bits per heavy atom. The zero-order chi connectivity index (χ0) is 19.0. The molecule has 27 heavy (non-hydrogen) atoms. The van der Waals surface area contributed by atoms with E-state index < -0.39 is 0 Å². The third kappa shape index (κ3) is 3.57. The van der Waals surface area contributed by atoms with Crippen LogP contribution >= 0.6 is 23.2 Å². The number of hydrogen-bond donors (Lipinski definition) is 1. The molecule has 134 valence electrons. The monoisotopic (exact) mass is 395 g/mol. The fourth-order valence-electron chi connectivity index (χ4n) is 2.90. The average molecular weight is 396 g/mol. The first-order chi connectivity index (χ1) is 13.0. The molecule has 5 heteroatoms. The highest BCUT2D eigenvalue weighted by Gasteiger charge is 2.18. The second kappa shape index (κ2) is 7.10. The molecule has 0 radical (unpaired) electrons. The Hall–Kier alpha value is -2.75. The summed E-state index contributed by atoms with van der Waals surface area (Å²) < 4.78 is 5.65. The smallest absolute Gasteiger partial charge is 0.229 e. The summed E-state index contributed by atoms with van der Waals surface area (Å²) in [5.74, 6) is -0.0384. The molecule has 0 aliphatic heterocycles. The summed E-state index contributed by atoms with van der Waals surface area (Å²) in [5, 5.41) is 5.04. The van der Waals surface area contributed by atoms with Crippen molar-refractivity contribution in [2.24, 2.45) is 0 Å². The molecular weight excluding hydrogens is 381 g/mol. The van der Waals surface area contributed by atoms with Gasteiger partial charge in [-0.3, -0.25) is 4.79 Å². The van der Waals surface area contributed by atoms with Gasteiger partial charge in [0.15, 0.2) is 5.76 Å². The predicted octanol–water partition coefficient (Wildman–Crippen LogP) is 7.02. The number of nitrogens with one attached hydrogen (secondary N) is 1. The Balaban J connectivity index is 1.63. The van der Waals surface area contributed by atoms with Crippen molar-refractivity contribution in [1.29, 1.82) is 0 Å². The lowest BCUT2D eigenvalue weighted by molar-refractivity contribution is 0.101. The summed E-state index contributed by atoms with van der Waals surface area (Å²) in [4.78, 5) is 12.8. The van der Waals surface area contributed by atoms with Crippen molar-refractivity contribution in [2.75, 3.05) is 5.32 Å². The van der Waals surface area contributed by atoms with Crippen molar-refractivity contribution >= 4 is 51.3 Å². The normalized spacial score (nSPS) is 10.9. The third-order valence-corrected chi connectivity index (χ3v) is 4.89. The van der Waals surface area contributed by atoms with Crippen molar-refractivity contribution in [2.45, 2.75) is 6.92 Å². The van der Waals surface area contributed by atoms with E-state index in [4.69, 9.17) is 27.6 Å². The number of benzene rings is 3. The van der Waals surface area contributed by atoms with Crippen LogP contribution in [-0.2, 0) is 0 Å². The van der Waals surface area contributed by atoms with Crippen LogP contribution in [0.2, 0.25) is 10.0 Å². The molecule has 0 saturated heterocycles. The standard InChI is InChI=1S/C22H15Cl2NO2/c1-13-4-2-3-5-19(13)25-16-7-8-17(18(24)12-16)22(26)21-11-14-10-15(23)6-9-20(14)27-21/h2-12,25H,1H3. The number of anilines is 2. The van der Waals surface area contributed by atoms with Crippen molar-refractivity contribution in [3.8, 4) is 0 Å². The van der Waals surface area contributed by atoms with Gasteiger partial charge in [0.05, 0.1) is 5.02 Å². The van der Waals surface area contributed by atoms with E-state index in [0.717, 1.165) is 22.3 Å². The second-order valence-corrected chi connectivity index (χ2v) is 7.10. The second-order valence-electron chi connectivity index (χ2n) is 6.26.